The number of benzene rings is 1. The second-order valence-corrected chi connectivity index (χ2v) is 4.84. The van der Waals surface area contributed by atoms with Crippen molar-refractivity contribution >= 4 is 11.9 Å². The van der Waals surface area contributed by atoms with Gasteiger partial charge in [-0.05, 0) is 19.9 Å². The van der Waals surface area contributed by atoms with E-state index in [1.165, 1.54) is 17.1 Å². The number of nitrogens with zero attached hydrogens (tertiary/aromatic N) is 3. The fourth-order valence-electron chi connectivity index (χ4n) is 2.55. The Kier molecular flexibility index (Phi) is 3.62. The third kappa shape index (κ3) is 2.24. The molecule has 0 saturated carbocycles. The lowest BCUT2D eigenvalue weighted by Crippen LogP contribution is -2.30. The van der Waals surface area contributed by atoms with Crippen LogP contribution in [-0.2, 0) is 9.53 Å². The Balaban J connectivity index is 2.18. The third-order valence-electron chi connectivity index (χ3n) is 3.49. The van der Waals surface area contributed by atoms with Crippen molar-refractivity contribution in [2.75, 3.05) is 11.9 Å². The van der Waals surface area contributed by atoms with Crippen molar-refractivity contribution < 1.29 is 13.9 Å². The van der Waals surface area contributed by atoms with Gasteiger partial charge in [-0.2, -0.15) is 10.1 Å². The van der Waals surface area contributed by atoms with Gasteiger partial charge in [-0.3, -0.25) is 0 Å². The molecule has 1 aromatic carbocycles. The summed E-state index contributed by atoms with van der Waals surface area (Å²) in [6.45, 7) is 3.70. The summed E-state index contributed by atoms with van der Waals surface area (Å²) in [6.07, 6.45) is 1.36. The van der Waals surface area contributed by atoms with E-state index in [-0.39, 0.29) is 6.61 Å². The van der Waals surface area contributed by atoms with E-state index in [2.05, 4.69) is 15.4 Å². The zero-order valence-electron chi connectivity index (χ0n) is 12.2. The first-order valence-corrected chi connectivity index (χ1v) is 6.92. The average Bonchev–Trinajstić information content (AvgIpc) is 2.94. The van der Waals surface area contributed by atoms with E-state index in [4.69, 9.17) is 4.74 Å². The largest absolute Gasteiger partial charge is 0.463 e. The quantitative estimate of drug-likeness (QED) is 0.881. The topological polar surface area (TPSA) is 69.0 Å². The molecule has 7 heteroatoms. The highest BCUT2D eigenvalue weighted by Gasteiger charge is 2.35. The lowest BCUT2D eigenvalue weighted by molar-refractivity contribution is -0.139. The molecule has 0 saturated heterocycles. The number of anilines is 1. The molecule has 114 valence electrons. The maximum Gasteiger partial charge on any atom is 0.338 e. The van der Waals surface area contributed by atoms with Gasteiger partial charge in [0, 0.05) is 11.3 Å². The molecule has 2 heterocycles. The average molecular weight is 302 g/mol. The fourth-order valence-corrected chi connectivity index (χ4v) is 2.55. The highest BCUT2D eigenvalue weighted by molar-refractivity contribution is 5.92. The van der Waals surface area contributed by atoms with E-state index < -0.39 is 17.8 Å². The van der Waals surface area contributed by atoms with Gasteiger partial charge in [-0.1, -0.05) is 18.2 Å². The molecule has 0 bridgehead atoms. The summed E-state index contributed by atoms with van der Waals surface area (Å²) >= 11 is 0. The molecule has 0 amide bonds. The monoisotopic (exact) mass is 302 g/mol. The van der Waals surface area contributed by atoms with Crippen molar-refractivity contribution in [3.63, 3.8) is 0 Å². The number of carbonyl (C=O) groups is 1. The molecule has 1 aliphatic heterocycles. The number of allylic oxidation sites excluding steroid dienone is 1. The summed E-state index contributed by atoms with van der Waals surface area (Å²) < 4.78 is 20.9. The van der Waals surface area contributed by atoms with Crippen LogP contribution in [0.2, 0.25) is 0 Å². The number of ether oxygens (including phenoxy) is 1. The van der Waals surface area contributed by atoms with Crippen LogP contribution in [0.3, 0.4) is 0 Å². The maximum absolute atomic E-state index is 14.3. The Hall–Kier alpha value is -2.70. The van der Waals surface area contributed by atoms with Gasteiger partial charge in [0.05, 0.1) is 12.2 Å². The first kappa shape index (κ1) is 14.2. The number of fused-ring (bicyclic) bond motifs is 1. The Bertz CT molecular complexity index is 754. The van der Waals surface area contributed by atoms with Crippen molar-refractivity contribution in [2.24, 2.45) is 0 Å². The Labute approximate surface area is 126 Å². The number of hydrogen-bond donors (Lipinski definition) is 1. The minimum absolute atomic E-state index is 0.240. The number of hydrogen-bond acceptors (Lipinski definition) is 5. The van der Waals surface area contributed by atoms with Crippen molar-refractivity contribution in [2.45, 2.75) is 19.9 Å². The molecular weight excluding hydrogens is 287 g/mol. The van der Waals surface area contributed by atoms with Crippen LogP contribution in [0.5, 0.6) is 0 Å². The first-order valence-electron chi connectivity index (χ1n) is 6.92. The van der Waals surface area contributed by atoms with Gasteiger partial charge in [0.2, 0.25) is 5.95 Å². The molecule has 0 spiro atoms. The Morgan fingerprint density at radius 2 is 2.23 bits per heavy atom. The van der Waals surface area contributed by atoms with Gasteiger partial charge in [0.1, 0.15) is 18.2 Å². The SMILES string of the molecule is CCOC(=O)C1=C(C)Nc2ncnn2[C@H]1c1ccccc1F. The van der Waals surface area contributed by atoms with Crippen LogP contribution in [0.25, 0.3) is 0 Å². The maximum atomic E-state index is 14.3. The highest BCUT2D eigenvalue weighted by atomic mass is 19.1. The number of aromatic nitrogens is 3. The summed E-state index contributed by atoms with van der Waals surface area (Å²) in [5.41, 5.74) is 1.25. The Morgan fingerprint density at radius 1 is 1.45 bits per heavy atom. The minimum atomic E-state index is -0.709. The molecule has 2 aromatic rings. The van der Waals surface area contributed by atoms with Gasteiger partial charge < -0.3 is 10.1 Å². The number of carbonyl (C=O) groups excluding carboxylic acids is 1. The van der Waals surface area contributed by atoms with Crippen molar-refractivity contribution in [1.29, 1.82) is 0 Å². The number of nitrogens with one attached hydrogen (secondary N) is 1. The molecule has 0 aliphatic carbocycles. The molecule has 0 fully saturated rings. The van der Waals surface area contributed by atoms with E-state index in [1.54, 1.807) is 32.0 Å². The van der Waals surface area contributed by atoms with E-state index >= 15 is 0 Å². The lowest BCUT2D eigenvalue weighted by atomic mass is 9.95. The number of rotatable bonds is 3. The highest BCUT2D eigenvalue weighted by Crippen LogP contribution is 2.36. The summed E-state index contributed by atoms with van der Waals surface area (Å²) in [5, 5.41) is 7.11. The van der Waals surface area contributed by atoms with Gasteiger partial charge in [0.15, 0.2) is 0 Å². The molecule has 1 atom stereocenters. The van der Waals surface area contributed by atoms with Gasteiger partial charge in [-0.15, -0.1) is 0 Å². The molecule has 1 aromatic heterocycles. The fraction of sp³-hybridized carbons (Fsp3) is 0.267. The molecule has 0 unspecified atom stereocenters. The third-order valence-corrected chi connectivity index (χ3v) is 3.49. The zero-order valence-corrected chi connectivity index (χ0v) is 12.2. The van der Waals surface area contributed by atoms with Crippen molar-refractivity contribution in [3.05, 3.63) is 53.2 Å². The first-order chi connectivity index (χ1) is 10.6. The molecule has 1 N–H and O–H groups in total. The van der Waals surface area contributed by atoms with Crippen LogP contribution >= 0.6 is 0 Å². The predicted molar refractivity (Wildman–Crippen MR) is 77.5 cm³/mol. The van der Waals surface area contributed by atoms with Crippen molar-refractivity contribution in [3.8, 4) is 0 Å². The molecular formula is C15H15FN4O2. The van der Waals surface area contributed by atoms with E-state index in [0.29, 0.717) is 22.8 Å². The van der Waals surface area contributed by atoms with Gasteiger partial charge in [0.25, 0.3) is 0 Å². The molecule has 1 aliphatic rings. The Morgan fingerprint density at radius 3 is 2.95 bits per heavy atom. The normalized spacial score (nSPS) is 17.0. The van der Waals surface area contributed by atoms with Crippen molar-refractivity contribution in [1.82, 2.24) is 14.8 Å². The van der Waals surface area contributed by atoms with Gasteiger partial charge in [-0.25, -0.2) is 13.9 Å². The van der Waals surface area contributed by atoms with Crippen LogP contribution in [0.4, 0.5) is 10.3 Å². The van der Waals surface area contributed by atoms with Crippen LogP contribution in [-0.4, -0.2) is 27.3 Å². The summed E-state index contributed by atoms with van der Waals surface area (Å²) in [6, 6.07) is 5.59. The van der Waals surface area contributed by atoms with Crippen LogP contribution < -0.4 is 5.32 Å². The summed E-state index contributed by atoms with van der Waals surface area (Å²) in [7, 11) is 0. The summed E-state index contributed by atoms with van der Waals surface area (Å²) in [4.78, 5) is 16.4. The molecule has 0 radical (unpaired) electrons. The van der Waals surface area contributed by atoms with Crippen LogP contribution in [0.1, 0.15) is 25.5 Å². The second-order valence-electron chi connectivity index (χ2n) is 4.84. The second kappa shape index (κ2) is 5.59. The van der Waals surface area contributed by atoms with Crippen LogP contribution in [0, 0.1) is 5.82 Å². The molecule has 3 rings (SSSR count). The van der Waals surface area contributed by atoms with Gasteiger partial charge >= 0.3 is 5.97 Å². The van der Waals surface area contributed by atoms with E-state index in [9.17, 15) is 9.18 Å². The summed E-state index contributed by atoms with van der Waals surface area (Å²) in [5.74, 6) is -0.453. The molecule has 22 heavy (non-hydrogen) atoms. The predicted octanol–water partition coefficient (Wildman–Crippen LogP) is 2.27. The zero-order chi connectivity index (χ0) is 15.7. The van der Waals surface area contributed by atoms with E-state index in [0.717, 1.165) is 0 Å². The lowest BCUT2D eigenvalue weighted by Gasteiger charge is -2.28. The number of esters is 1. The number of halogens is 1. The standard InChI is InChI=1S/C15H15FN4O2/c1-3-22-14(21)12-9(2)19-15-17-8-18-20(15)13(12)10-6-4-5-7-11(10)16/h4-8,13H,3H2,1-2H3,(H,17,18,19)/t13-/m0/s1. The van der Waals surface area contributed by atoms with E-state index in [1.807, 2.05) is 0 Å². The minimum Gasteiger partial charge on any atom is -0.463 e. The smallest absolute Gasteiger partial charge is 0.338 e. The molecule has 6 nitrogen and oxygen atoms in total. The van der Waals surface area contributed by atoms with Crippen LogP contribution in [0.15, 0.2) is 41.9 Å².